The Labute approximate surface area is 114 Å². The molecule has 1 rings (SSSR count). The van der Waals surface area contributed by atoms with Crippen LogP contribution in [0.15, 0.2) is 18.2 Å². The van der Waals surface area contributed by atoms with Gasteiger partial charge in [-0.25, -0.2) is 0 Å². The maximum absolute atomic E-state index is 11.9. The normalized spacial score (nSPS) is 10.1. The van der Waals surface area contributed by atoms with E-state index < -0.39 is 0 Å². The van der Waals surface area contributed by atoms with E-state index >= 15 is 0 Å². The molecule has 0 aliphatic rings. The molecule has 0 bridgehead atoms. The van der Waals surface area contributed by atoms with Crippen molar-refractivity contribution in [3.63, 3.8) is 0 Å². The standard InChI is InChI=1S/C15H22N2O2/c1-5-6-17(13(4)18)10-15(19)16-14-8-11(2)7-12(3)9-14/h7-9H,5-6,10H2,1-4H3,(H,16,19). The van der Waals surface area contributed by atoms with Gasteiger partial charge in [-0.15, -0.1) is 0 Å². The van der Waals surface area contributed by atoms with Crippen molar-refractivity contribution in [3.8, 4) is 0 Å². The Bertz CT molecular complexity index is 449. The van der Waals surface area contributed by atoms with Crippen LogP contribution in [0.3, 0.4) is 0 Å². The average molecular weight is 262 g/mol. The molecular weight excluding hydrogens is 240 g/mol. The third kappa shape index (κ3) is 5.12. The second-order valence-electron chi connectivity index (χ2n) is 4.87. The van der Waals surface area contributed by atoms with Crippen molar-refractivity contribution < 1.29 is 9.59 Å². The van der Waals surface area contributed by atoms with Gasteiger partial charge in [0.05, 0.1) is 6.54 Å². The summed E-state index contributed by atoms with van der Waals surface area (Å²) in [6.45, 7) is 8.16. The third-order valence-electron chi connectivity index (χ3n) is 2.78. The van der Waals surface area contributed by atoms with Crippen LogP contribution in [0.2, 0.25) is 0 Å². The summed E-state index contributed by atoms with van der Waals surface area (Å²) in [6.07, 6.45) is 0.844. The van der Waals surface area contributed by atoms with Gasteiger partial charge < -0.3 is 10.2 Å². The molecule has 0 saturated carbocycles. The van der Waals surface area contributed by atoms with Crippen LogP contribution in [0, 0.1) is 13.8 Å². The molecule has 1 aromatic rings. The highest BCUT2D eigenvalue weighted by Gasteiger charge is 2.12. The number of hydrogen-bond donors (Lipinski definition) is 1. The minimum atomic E-state index is -0.159. The van der Waals surface area contributed by atoms with Crippen LogP contribution in [-0.2, 0) is 9.59 Å². The Balaban J connectivity index is 2.66. The lowest BCUT2D eigenvalue weighted by atomic mass is 10.1. The lowest BCUT2D eigenvalue weighted by molar-refractivity contribution is -0.132. The molecule has 0 unspecified atom stereocenters. The van der Waals surface area contributed by atoms with Gasteiger partial charge in [-0.2, -0.15) is 0 Å². The van der Waals surface area contributed by atoms with E-state index in [1.165, 1.54) is 6.92 Å². The first-order valence-electron chi connectivity index (χ1n) is 6.56. The second-order valence-corrected chi connectivity index (χ2v) is 4.87. The summed E-state index contributed by atoms with van der Waals surface area (Å²) in [5.74, 6) is -0.230. The topological polar surface area (TPSA) is 49.4 Å². The van der Waals surface area contributed by atoms with E-state index in [4.69, 9.17) is 0 Å². The molecule has 4 heteroatoms. The highest BCUT2D eigenvalue weighted by Crippen LogP contribution is 2.13. The van der Waals surface area contributed by atoms with Gasteiger partial charge in [-0.05, 0) is 43.5 Å². The molecule has 0 atom stereocenters. The summed E-state index contributed by atoms with van der Waals surface area (Å²) in [7, 11) is 0. The van der Waals surface area contributed by atoms with Gasteiger partial charge in [0.15, 0.2) is 0 Å². The van der Waals surface area contributed by atoms with Gasteiger partial charge in [0, 0.05) is 19.2 Å². The Morgan fingerprint density at radius 2 is 1.74 bits per heavy atom. The van der Waals surface area contributed by atoms with Gasteiger partial charge in [-0.1, -0.05) is 13.0 Å². The number of nitrogens with one attached hydrogen (secondary N) is 1. The first-order valence-corrected chi connectivity index (χ1v) is 6.56. The fourth-order valence-electron chi connectivity index (χ4n) is 2.04. The van der Waals surface area contributed by atoms with Gasteiger partial charge in [-0.3, -0.25) is 9.59 Å². The Hall–Kier alpha value is -1.84. The predicted molar refractivity (Wildman–Crippen MR) is 77.1 cm³/mol. The van der Waals surface area contributed by atoms with Crippen molar-refractivity contribution >= 4 is 17.5 Å². The molecule has 0 spiro atoms. The molecule has 19 heavy (non-hydrogen) atoms. The molecular formula is C15H22N2O2. The van der Waals surface area contributed by atoms with Crippen LogP contribution in [0.4, 0.5) is 5.69 Å². The number of aryl methyl sites for hydroxylation is 2. The lowest BCUT2D eigenvalue weighted by Crippen LogP contribution is -2.37. The molecule has 0 saturated heterocycles. The third-order valence-corrected chi connectivity index (χ3v) is 2.78. The van der Waals surface area contributed by atoms with Gasteiger partial charge in [0.25, 0.3) is 0 Å². The SMILES string of the molecule is CCCN(CC(=O)Nc1cc(C)cc(C)c1)C(C)=O. The first kappa shape index (κ1) is 15.2. The van der Waals surface area contributed by atoms with E-state index in [1.807, 2.05) is 32.9 Å². The van der Waals surface area contributed by atoms with E-state index in [1.54, 1.807) is 4.90 Å². The largest absolute Gasteiger partial charge is 0.334 e. The first-order chi connectivity index (χ1) is 8.92. The summed E-state index contributed by atoms with van der Waals surface area (Å²) in [6, 6.07) is 5.89. The average Bonchev–Trinajstić information content (AvgIpc) is 2.26. The smallest absolute Gasteiger partial charge is 0.243 e. The fraction of sp³-hybridized carbons (Fsp3) is 0.467. The van der Waals surface area contributed by atoms with E-state index in [0.717, 1.165) is 23.2 Å². The van der Waals surface area contributed by atoms with E-state index in [0.29, 0.717) is 6.54 Å². The van der Waals surface area contributed by atoms with Gasteiger partial charge in [0.2, 0.25) is 11.8 Å². The number of nitrogens with zero attached hydrogens (tertiary/aromatic N) is 1. The number of rotatable bonds is 5. The molecule has 0 fully saturated rings. The molecule has 1 N–H and O–H groups in total. The number of amides is 2. The monoisotopic (exact) mass is 262 g/mol. The number of anilines is 1. The highest BCUT2D eigenvalue weighted by atomic mass is 16.2. The van der Waals surface area contributed by atoms with Crippen LogP contribution >= 0.6 is 0 Å². The molecule has 0 heterocycles. The van der Waals surface area contributed by atoms with Crippen molar-refractivity contribution in [2.24, 2.45) is 0 Å². The Morgan fingerprint density at radius 1 is 1.16 bits per heavy atom. The molecule has 0 aliphatic carbocycles. The summed E-state index contributed by atoms with van der Waals surface area (Å²) >= 11 is 0. The van der Waals surface area contributed by atoms with Crippen LogP contribution in [0.5, 0.6) is 0 Å². The van der Waals surface area contributed by atoms with E-state index in [9.17, 15) is 9.59 Å². The number of carbonyl (C=O) groups excluding carboxylic acids is 2. The van der Waals surface area contributed by atoms with Gasteiger partial charge >= 0.3 is 0 Å². The van der Waals surface area contributed by atoms with Crippen LogP contribution in [-0.4, -0.2) is 29.8 Å². The summed E-state index contributed by atoms with van der Waals surface area (Å²) in [5, 5.41) is 2.83. The van der Waals surface area contributed by atoms with Crippen LogP contribution in [0.25, 0.3) is 0 Å². The molecule has 1 aromatic carbocycles. The molecule has 0 aromatic heterocycles. The number of carbonyl (C=O) groups is 2. The molecule has 4 nitrogen and oxygen atoms in total. The predicted octanol–water partition coefficient (Wildman–Crippen LogP) is 2.50. The Morgan fingerprint density at radius 3 is 2.21 bits per heavy atom. The maximum Gasteiger partial charge on any atom is 0.243 e. The van der Waals surface area contributed by atoms with Crippen LogP contribution < -0.4 is 5.32 Å². The van der Waals surface area contributed by atoms with Crippen molar-refractivity contribution in [1.82, 2.24) is 4.90 Å². The van der Waals surface area contributed by atoms with E-state index in [2.05, 4.69) is 11.4 Å². The quantitative estimate of drug-likeness (QED) is 0.886. The van der Waals surface area contributed by atoms with Gasteiger partial charge in [0.1, 0.15) is 0 Å². The zero-order valence-corrected chi connectivity index (χ0v) is 12.1. The minimum absolute atomic E-state index is 0.0718. The van der Waals surface area contributed by atoms with Crippen molar-refractivity contribution in [2.45, 2.75) is 34.1 Å². The van der Waals surface area contributed by atoms with Crippen molar-refractivity contribution in [3.05, 3.63) is 29.3 Å². The summed E-state index contributed by atoms with van der Waals surface area (Å²) in [5.41, 5.74) is 2.99. The maximum atomic E-state index is 11.9. The number of benzene rings is 1. The summed E-state index contributed by atoms with van der Waals surface area (Å²) in [4.78, 5) is 24.8. The zero-order chi connectivity index (χ0) is 14.4. The van der Waals surface area contributed by atoms with Crippen LogP contribution in [0.1, 0.15) is 31.4 Å². The fourth-order valence-corrected chi connectivity index (χ4v) is 2.04. The molecule has 0 radical (unpaired) electrons. The summed E-state index contributed by atoms with van der Waals surface area (Å²) < 4.78 is 0. The molecule has 0 aliphatic heterocycles. The van der Waals surface area contributed by atoms with Crippen molar-refractivity contribution in [1.29, 1.82) is 0 Å². The van der Waals surface area contributed by atoms with Crippen molar-refractivity contribution in [2.75, 3.05) is 18.4 Å². The lowest BCUT2D eigenvalue weighted by Gasteiger charge is -2.19. The Kier molecular flexibility index (Phi) is 5.55. The number of hydrogen-bond acceptors (Lipinski definition) is 2. The highest BCUT2D eigenvalue weighted by molar-refractivity contribution is 5.94. The molecule has 2 amide bonds. The van der Waals surface area contributed by atoms with E-state index in [-0.39, 0.29) is 18.4 Å². The minimum Gasteiger partial charge on any atom is -0.334 e. The second kappa shape index (κ2) is 6.92. The molecule has 104 valence electrons. The zero-order valence-electron chi connectivity index (χ0n) is 12.1.